The Hall–Kier alpha value is -2.08. The molecule has 0 aromatic heterocycles. The number of carbonyl (C=O) groups excluding carboxylic acids is 2. The van der Waals surface area contributed by atoms with E-state index in [1.54, 1.807) is 0 Å². The zero-order valence-electron chi connectivity index (χ0n) is 23.0. The van der Waals surface area contributed by atoms with Crippen molar-refractivity contribution in [1.82, 2.24) is 5.32 Å². The van der Waals surface area contributed by atoms with E-state index in [0.717, 1.165) is 50.9 Å². The van der Waals surface area contributed by atoms with Gasteiger partial charge in [-0.1, -0.05) is 71.1 Å². The molecule has 1 aliphatic rings. The average molecular weight is 502 g/mol. The van der Waals surface area contributed by atoms with Crippen molar-refractivity contribution in [2.24, 2.45) is 0 Å². The maximum absolute atomic E-state index is 13.0. The summed E-state index contributed by atoms with van der Waals surface area (Å²) in [5, 5.41) is 6.04. The molecule has 2 rings (SSSR count). The number of anilines is 2. The fraction of sp³-hybridized carbons (Fsp3) is 0.733. The Morgan fingerprint density at radius 1 is 0.861 bits per heavy atom. The van der Waals surface area contributed by atoms with Crippen LogP contribution in [-0.4, -0.2) is 44.7 Å². The highest BCUT2D eigenvalue weighted by molar-refractivity contribution is 6.02. The van der Waals surface area contributed by atoms with Gasteiger partial charge in [0, 0.05) is 50.6 Å². The van der Waals surface area contributed by atoms with Gasteiger partial charge in [-0.25, -0.2) is 0 Å². The lowest BCUT2D eigenvalue weighted by Gasteiger charge is -2.22. The molecule has 0 spiro atoms. The van der Waals surface area contributed by atoms with E-state index in [2.05, 4.69) is 22.5 Å². The Morgan fingerprint density at radius 3 is 2.14 bits per heavy atom. The number of carbonyl (C=O) groups is 2. The number of hydrogen-bond donors (Lipinski definition) is 2. The predicted octanol–water partition coefficient (Wildman–Crippen LogP) is 7.08. The van der Waals surface area contributed by atoms with Crippen LogP contribution in [-0.2, 0) is 9.53 Å². The number of hydrogen-bond acceptors (Lipinski definition) is 4. The Labute approximate surface area is 219 Å². The number of amides is 2. The first kappa shape index (κ1) is 30.1. The second-order valence-corrected chi connectivity index (χ2v) is 10.1. The summed E-state index contributed by atoms with van der Waals surface area (Å²) in [4.78, 5) is 27.8. The topological polar surface area (TPSA) is 70.7 Å². The first-order valence-corrected chi connectivity index (χ1v) is 14.7. The summed E-state index contributed by atoms with van der Waals surface area (Å²) in [5.74, 6) is -0.0576. The molecule has 2 N–H and O–H groups in total. The standard InChI is InChI=1S/C30H51N3O3/c1-3-5-6-7-8-9-10-11-12-13-14-18-29(34)32-26-19-20-28(33-22-15-16-23-33)27(25-26)30(35)31-21-17-24-36-4-2/h19-20,25H,3-18,21-24H2,1-2H3,(H,31,35)(H,32,34). The molecule has 2 amide bonds. The first-order valence-electron chi connectivity index (χ1n) is 14.7. The molecule has 0 atom stereocenters. The number of unbranched alkanes of at least 4 members (excludes halogenated alkanes) is 10. The van der Waals surface area contributed by atoms with E-state index in [1.165, 1.54) is 57.8 Å². The minimum absolute atomic E-state index is 0.0305. The summed E-state index contributed by atoms with van der Waals surface area (Å²) in [6.45, 7) is 8.07. The molecule has 204 valence electrons. The van der Waals surface area contributed by atoms with Crippen LogP contribution in [0.1, 0.15) is 121 Å². The van der Waals surface area contributed by atoms with E-state index in [-0.39, 0.29) is 11.8 Å². The lowest BCUT2D eigenvalue weighted by Crippen LogP contribution is -2.29. The maximum Gasteiger partial charge on any atom is 0.253 e. The molecule has 6 nitrogen and oxygen atoms in total. The molecule has 0 bridgehead atoms. The van der Waals surface area contributed by atoms with E-state index in [9.17, 15) is 9.59 Å². The summed E-state index contributed by atoms with van der Waals surface area (Å²) in [6.07, 6.45) is 17.6. The van der Waals surface area contributed by atoms with E-state index in [1.807, 2.05) is 25.1 Å². The van der Waals surface area contributed by atoms with Gasteiger partial charge in [0.2, 0.25) is 5.91 Å². The highest BCUT2D eigenvalue weighted by Crippen LogP contribution is 2.28. The molecule has 1 saturated heterocycles. The van der Waals surface area contributed by atoms with Gasteiger partial charge in [0.05, 0.1) is 5.56 Å². The Bertz CT molecular complexity index is 747. The summed E-state index contributed by atoms with van der Waals surface area (Å²) in [5.41, 5.74) is 2.30. The zero-order valence-corrected chi connectivity index (χ0v) is 23.0. The van der Waals surface area contributed by atoms with Crippen molar-refractivity contribution >= 4 is 23.2 Å². The molecular formula is C30H51N3O3. The third-order valence-corrected chi connectivity index (χ3v) is 6.93. The molecule has 6 heteroatoms. The number of ether oxygens (including phenoxy) is 1. The van der Waals surface area contributed by atoms with Gasteiger partial charge < -0.3 is 20.3 Å². The van der Waals surface area contributed by atoms with Gasteiger partial charge >= 0.3 is 0 Å². The van der Waals surface area contributed by atoms with Crippen molar-refractivity contribution in [2.45, 2.75) is 110 Å². The third-order valence-electron chi connectivity index (χ3n) is 6.93. The van der Waals surface area contributed by atoms with Crippen LogP contribution in [0.4, 0.5) is 11.4 Å². The lowest BCUT2D eigenvalue weighted by molar-refractivity contribution is -0.116. The van der Waals surface area contributed by atoms with Crippen LogP contribution in [0.2, 0.25) is 0 Å². The molecule has 0 saturated carbocycles. The van der Waals surface area contributed by atoms with Crippen LogP contribution in [0.5, 0.6) is 0 Å². The first-order chi connectivity index (χ1) is 17.7. The maximum atomic E-state index is 13.0. The van der Waals surface area contributed by atoms with Crippen molar-refractivity contribution in [3.63, 3.8) is 0 Å². The van der Waals surface area contributed by atoms with Crippen LogP contribution in [0.25, 0.3) is 0 Å². The summed E-state index contributed by atoms with van der Waals surface area (Å²) in [6, 6.07) is 5.75. The fourth-order valence-electron chi connectivity index (χ4n) is 4.82. The van der Waals surface area contributed by atoms with Crippen molar-refractivity contribution in [3.05, 3.63) is 23.8 Å². The fourth-order valence-corrected chi connectivity index (χ4v) is 4.82. The minimum Gasteiger partial charge on any atom is -0.382 e. The normalized spacial score (nSPS) is 13.2. The molecule has 1 aromatic rings. The zero-order chi connectivity index (χ0) is 25.8. The lowest BCUT2D eigenvalue weighted by atomic mass is 10.1. The van der Waals surface area contributed by atoms with Gasteiger partial charge in [-0.15, -0.1) is 0 Å². The molecule has 1 aliphatic heterocycles. The Morgan fingerprint density at radius 2 is 1.50 bits per heavy atom. The Balaban J connectivity index is 1.74. The van der Waals surface area contributed by atoms with Crippen molar-refractivity contribution in [3.8, 4) is 0 Å². The summed E-state index contributed by atoms with van der Waals surface area (Å²) < 4.78 is 5.36. The van der Waals surface area contributed by atoms with Gasteiger partial charge in [0.1, 0.15) is 0 Å². The van der Waals surface area contributed by atoms with Crippen LogP contribution >= 0.6 is 0 Å². The molecule has 0 radical (unpaired) electrons. The second kappa shape index (κ2) is 19.1. The van der Waals surface area contributed by atoms with Crippen molar-refractivity contribution in [1.29, 1.82) is 0 Å². The van der Waals surface area contributed by atoms with Gasteiger partial charge in [0.25, 0.3) is 5.91 Å². The summed E-state index contributed by atoms with van der Waals surface area (Å²) >= 11 is 0. The highest BCUT2D eigenvalue weighted by Gasteiger charge is 2.20. The van der Waals surface area contributed by atoms with Crippen molar-refractivity contribution in [2.75, 3.05) is 43.1 Å². The van der Waals surface area contributed by atoms with Gasteiger partial charge in [0.15, 0.2) is 0 Å². The highest BCUT2D eigenvalue weighted by atomic mass is 16.5. The molecule has 36 heavy (non-hydrogen) atoms. The smallest absolute Gasteiger partial charge is 0.253 e. The number of rotatable bonds is 20. The molecular weight excluding hydrogens is 450 g/mol. The van der Waals surface area contributed by atoms with Crippen LogP contribution in [0.15, 0.2) is 18.2 Å². The number of nitrogens with one attached hydrogen (secondary N) is 2. The van der Waals surface area contributed by atoms with E-state index < -0.39 is 0 Å². The van der Waals surface area contributed by atoms with Crippen LogP contribution in [0, 0.1) is 0 Å². The van der Waals surface area contributed by atoms with E-state index >= 15 is 0 Å². The largest absolute Gasteiger partial charge is 0.382 e. The molecule has 0 unspecified atom stereocenters. The third kappa shape index (κ3) is 12.2. The number of nitrogens with zero attached hydrogens (tertiary/aromatic N) is 1. The van der Waals surface area contributed by atoms with E-state index in [4.69, 9.17) is 4.74 Å². The second-order valence-electron chi connectivity index (χ2n) is 10.1. The van der Waals surface area contributed by atoms with Crippen molar-refractivity contribution < 1.29 is 14.3 Å². The monoisotopic (exact) mass is 501 g/mol. The van der Waals surface area contributed by atoms with Gasteiger partial charge in [-0.3, -0.25) is 9.59 Å². The average Bonchev–Trinajstić information content (AvgIpc) is 3.42. The van der Waals surface area contributed by atoms with Crippen LogP contribution in [0.3, 0.4) is 0 Å². The van der Waals surface area contributed by atoms with Gasteiger partial charge in [-0.05, 0) is 50.8 Å². The van der Waals surface area contributed by atoms with Crippen LogP contribution < -0.4 is 15.5 Å². The number of benzene rings is 1. The molecule has 0 aliphatic carbocycles. The molecule has 1 heterocycles. The predicted molar refractivity (Wildman–Crippen MR) is 151 cm³/mol. The Kier molecular flexibility index (Phi) is 16.0. The SMILES string of the molecule is CCCCCCCCCCCCCC(=O)Nc1ccc(N2CCCC2)c(C(=O)NCCCOCC)c1. The van der Waals surface area contributed by atoms with Gasteiger partial charge in [-0.2, -0.15) is 0 Å². The minimum atomic E-state index is -0.0881. The quantitative estimate of drug-likeness (QED) is 0.187. The van der Waals surface area contributed by atoms with E-state index in [0.29, 0.717) is 37.4 Å². The molecule has 1 fully saturated rings. The molecule has 1 aromatic carbocycles. The summed E-state index contributed by atoms with van der Waals surface area (Å²) in [7, 11) is 0.